The fraction of sp³-hybridized carbons (Fsp3) is 0.444. The number of pyridine rings is 1. The summed E-state index contributed by atoms with van der Waals surface area (Å²) in [6, 6.07) is 10.4. The number of nitrogens with one attached hydrogen (secondary N) is 1. The molecule has 3 N–H and O–H groups in total. The van der Waals surface area contributed by atoms with E-state index in [-0.39, 0.29) is 6.23 Å². The molecule has 1 aliphatic rings. The summed E-state index contributed by atoms with van der Waals surface area (Å²) in [6.07, 6.45) is 8.01. The van der Waals surface area contributed by atoms with Gasteiger partial charge >= 0.3 is 0 Å². The summed E-state index contributed by atoms with van der Waals surface area (Å²) in [4.78, 5) is 4.32. The van der Waals surface area contributed by atoms with Crippen molar-refractivity contribution >= 4 is 16.8 Å². The van der Waals surface area contributed by atoms with E-state index in [0.29, 0.717) is 11.9 Å². The molecule has 1 aromatic heterocycles. The molecule has 1 saturated carbocycles. The highest BCUT2D eigenvalue weighted by Crippen LogP contribution is 2.19. The zero-order valence-electron chi connectivity index (χ0n) is 13.5. The first-order chi connectivity index (χ1) is 11.3. The van der Waals surface area contributed by atoms with Crippen molar-refractivity contribution in [3.63, 3.8) is 0 Å². The zero-order valence-corrected chi connectivity index (χ0v) is 13.5. The predicted molar refractivity (Wildman–Crippen MR) is 93.0 cm³/mol. The number of aromatic nitrogens is 1. The number of ether oxygens (including phenoxy) is 1. The Morgan fingerprint density at radius 2 is 2.13 bits per heavy atom. The Morgan fingerprint density at radius 1 is 1.30 bits per heavy atom. The molecule has 2 aromatic rings. The van der Waals surface area contributed by atoms with Crippen molar-refractivity contribution in [2.24, 2.45) is 10.9 Å². The molecule has 1 aliphatic carbocycles. The average Bonchev–Trinajstić information content (AvgIpc) is 2.60. The van der Waals surface area contributed by atoms with Crippen molar-refractivity contribution in [3.05, 3.63) is 42.1 Å². The maximum Gasteiger partial charge on any atom is 0.239 e. The number of hydrazone groups is 1. The Bertz CT molecular complexity index is 680. The van der Waals surface area contributed by atoms with Crippen molar-refractivity contribution < 1.29 is 4.74 Å². The smallest absolute Gasteiger partial charge is 0.239 e. The van der Waals surface area contributed by atoms with Gasteiger partial charge in [0, 0.05) is 23.2 Å². The Morgan fingerprint density at radius 3 is 2.91 bits per heavy atom. The number of hydrogen-bond acceptors (Lipinski definition) is 5. The van der Waals surface area contributed by atoms with E-state index < -0.39 is 0 Å². The summed E-state index contributed by atoms with van der Waals surface area (Å²) in [5, 5.41) is 8.40. The lowest BCUT2D eigenvalue weighted by atomic mass is 9.95. The number of fused-ring (bicyclic) bond motifs is 1. The molecule has 3 rings (SSSR count). The van der Waals surface area contributed by atoms with Crippen LogP contribution in [0.1, 0.15) is 44.6 Å². The molecule has 5 heteroatoms. The molecule has 1 atom stereocenters. The summed E-state index contributed by atoms with van der Waals surface area (Å²) in [5.41, 5.74) is 1.81. The second-order valence-electron chi connectivity index (χ2n) is 6.11. The second-order valence-corrected chi connectivity index (χ2v) is 6.11. The number of hydrogen-bond donors (Lipinski definition) is 2. The lowest BCUT2D eigenvalue weighted by molar-refractivity contribution is 0.142. The maximum absolute atomic E-state index is 5.93. The maximum atomic E-state index is 5.93. The van der Waals surface area contributed by atoms with Gasteiger partial charge in [0.25, 0.3) is 0 Å². The monoisotopic (exact) mass is 312 g/mol. The first-order valence-corrected chi connectivity index (χ1v) is 8.32. The lowest BCUT2D eigenvalue weighted by Crippen LogP contribution is -2.40. The van der Waals surface area contributed by atoms with Crippen LogP contribution in [-0.2, 0) is 4.74 Å². The van der Waals surface area contributed by atoms with Gasteiger partial charge in [-0.3, -0.25) is 10.3 Å². The van der Waals surface area contributed by atoms with Crippen molar-refractivity contribution in [3.8, 4) is 0 Å². The van der Waals surface area contributed by atoms with Gasteiger partial charge in [0.15, 0.2) is 0 Å². The van der Waals surface area contributed by atoms with Crippen molar-refractivity contribution in [1.82, 2.24) is 10.3 Å². The van der Waals surface area contributed by atoms with Crippen LogP contribution < -0.4 is 11.2 Å². The van der Waals surface area contributed by atoms with Crippen molar-refractivity contribution in [2.75, 3.05) is 0 Å². The minimum absolute atomic E-state index is 0.120. The molecule has 0 saturated heterocycles. The van der Waals surface area contributed by atoms with Crippen LogP contribution in [0, 0.1) is 0 Å². The number of rotatable bonds is 4. The fourth-order valence-electron chi connectivity index (χ4n) is 3.18. The first-order valence-electron chi connectivity index (χ1n) is 8.32. The van der Waals surface area contributed by atoms with Gasteiger partial charge in [-0.25, -0.2) is 0 Å². The highest BCUT2D eigenvalue weighted by atomic mass is 16.5. The Kier molecular flexibility index (Phi) is 5.08. The third-order valence-corrected chi connectivity index (χ3v) is 4.33. The Balaban J connectivity index is 1.68. The quantitative estimate of drug-likeness (QED) is 0.299. The van der Waals surface area contributed by atoms with Crippen LogP contribution in [0.3, 0.4) is 0 Å². The van der Waals surface area contributed by atoms with Gasteiger partial charge in [0.2, 0.25) is 5.90 Å². The van der Waals surface area contributed by atoms with Gasteiger partial charge in [-0.1, -0.05) is 25.3 Å². The van der Waals surface area contributed by atoms with Gasteiger partial charge in [-0.15, -0.1) is 5.10 Å². The van der Waals surface area contributed by atoms with E-state index >= 15 is 0 Å². The van der Waals surface area contributed by atoms with Crippen LogP contribution in [0.2, 0.25) is 0 Å². The summed E-state index contributed by atoms with van der Waals surface area (Å²) in [5.74, 6) is 6.00. The summed E-state index contributed by atoms with van der Waals surface area (Å²) in [7, 11) is 0. The molecule has 0 aliphatic heterocycles. The summed E-state index contributed by atoms with van der Waals surface area (Å²) in [6.45, 7) is 2.00. The van der Waals surface area contributed by atoms with Crippen molar-refractivity contribution in [2.45, 2.75) is 51.3 Å². The predicted octanol–water partition coefficient (Wildman–Crippen LogP) is 3.14. The minimum atomic E-state index is -0.120. The van der Waals surface area contributed by atoms with Gasteiger partial charge < -0.3 is 10.6 Å². The SMILES string of the molecule is CC(NC1CCCCC1)O/C(=N\N)c1ccc2ncccc2c1. The second kappa shape index (κ2) is 7.42. The van der Waals surface area contributed by atoms with Crippen LogP contribution in [-0.4, -0.2) is 23.2 Å². The lowest BCUT2D eigenvalue weighted by Gasteiger charge is -2.27. The summed E-state index contributed by atoms with van der Waals surface area (Å²) >= 11 is 0. The highest BCUT2D eigenvalue weighted by Gasteiger charge is 2.17. The molecular weight excluding hydrogens is 288 g/mol. The van der Waals surface area contributed by atoms with Crippen LogP contribution >= 0.6 is 0 Å². The topological polar surface area (TPSA) is 72.5 Å². The fourth-order valence-corrected chi connectivity index (χ4v) is 3.18. The van der Waals surface area contributed by atoms with Crippen LogP contribution in [0.5, 0.6) is 0 Å². The molecule has 23 heavy (non-hydrogen) atoms. The Hall–Kier alpha value is -2.14. The molecule has 1 aromatic carbocycles. The number of nitrogens with zero attached hydrogens (tertiary/aromatic N) is 2. The number of nitrogens with two attached hydrogens (primary N) is 1. The van der Waals surface area contributed by atoms with Gasteiger partial charge in [-0.2, -0.15) is 0 Å². The van der Waals surface area contributed by atoms with Gasteiger partial charge in [0.1, 0.15) is 6.23 Å². The average molecular weight is 312 g/mol. The van der Waals surface area contributed by atoms with Crippen LogP contribution in [0.15, 0.2) is 41.6 Å². The zero-order chi connectivity index (χ0) is 16.1. The molecule has 5 nitrogen and oxygen atoms in total. The van der Waals surface area contributed by atoms with E-state index in [0.717, 1.165) is 16.5 Å². The van der Waals surface area contributed by atoms with Gasteiger partial charge in [-0.05, 0) is 44.0 Å². The van der Waals surface area contributed by atoms with E-state index in [4.69, 9.17) is 10.6 Å². The molecule has 1 heterocycles. The molecule has 1 unspecified atom stereocenters. The van der Waals surface area contributed by atoms with Crippen molar-refractivity contribution in [1.29, 1.82) is 0 Å². The molecule has 0 bridgehead atoms. The van der Waals surface area contributed by atoms with E-state index in [1.54, 1.807) is 6.20 Å². The third-order valence-electron chi connectivity index (χ3n) is 4.33. The van der Waals surface area contributed by atoms with Gasteiger partial charge in [0.05, 0.1) is 5.52 Å². The van der Waals surface area contributed by atoms with Crippen LogP contribution in [0.25, 0.3) is 10.9 Å². The van der Waals surface area contributed by atoms with E-state index in [1.807, 2.05) is 37.3 Å². The van der Waals surface area contributed by atoms with E-state index in [1.165, 1.54) is 32.1 Å². The summed E-state index contributed by atoms with van der Waals surface area (Å²) < 4.78 is 5.93. The molecule has 0 radical (unpaired) electrons. The molecule has 0 spiro atoms. The third kappa shape index (κ3) is 3.99. The largest absolute Gasteiger partial charge is 0.457 e. The molecule has 0 amide bonds. The normalized spacial score (nSPS) is 18.0. The molecule has 122 valence electrons. The first kappa shape index (κ1) is 15.7. The minimum Gasteiger partial charge on any atom is -0.457 e. The van der Waals surface area contributed by atoms with E-state index in [2.05, 4.69) is 15.4 Å². The van der Waals surface area contributed by atoms with E-state index in [9.17, 15) is 0 Å². The molecule has 1 fully saturated rings. The highest BCUT2D eigenvalue weighted by molar-refractivity contribution is 5.97. The standard InChI is InChI=1S/C18H24N4O/c1-13(21-16-7-3-2-4-8-16)23-18(22-19)15-9-10-17-14(12-15)6-5-11-20-17/h5-6,9-13,16,21H,2-4,7-8,19H2,1H3/b22-18-. The molecular formula is C18H24N4O. The Labute approximate surface area is 136 Å². The number of benzene rings is 1. The van der Waals surface area contributed by atoms with Crippen LogP contribution in [0.4, 0.5) is 0 Å².